The van der Waals surface area contributed by atoms with E-state index < -0.39 is 5.97 Å². The van der Waals surface area contributed by atoms with Gasteiger partial charge in [0.05, 0.1) is 6.42 Å². The van der Waals surface area contributed by atoms with E-state index in [1.165, 1.54) is 6.07 Å². The molecule has 0 aromatic heterocycles. The Morgan fingerprint density at radius 3 is 2.55 bits per heavy atom. The van der Waals surface area contributed by atoms with Crippen molar-refractivity contribution in [1.29, 1.82) is 0 Å². The minimum atomic E-state index is -0.761. The number of benzene rings is 1. The zero-order valence-electron chi connectivity index (χ0n) is 11.2. The van der Waals surface area contributed by atoms with Gasteiger partial charge >= 0.3 is 5.97 Å². The van der Waals surface area contributed by atoms with Gasteiger partial charge in [-0.1, -0.05) is 15.9 Å². The molecular formula is C14H18BrFN2O2. The van der Waals surface area contributed by atoms with Crippen LogP contribution in [0.25, 0.3) is 0 Å². The van der Waals surface area contributed by atoms with E-state index in [0.717, 1.165) is 30.7 Å². The molecule has 0 spiro atoms. The van der Waals surface area contributed by atoms with Crippen LogP contribution in [-0.2, 0) is 11.3 Å². The van der Waals surface area contributed by atoms with E-state index in [0.29, 0.717) is 18.7 Å². The Labute approximate surface area is 126 Å². The largest absolute Gasteiger partial charge is 0.481 e. The fourth-order valence-corrected chi connectivity index (χ4v) is 2.74. The zero-order chi connectivity index (χ0) is 14.5. The van der Waals surface area contributed by atoms with Gasteiger partial charge in [-0.2, -0.15) is 0 Å². The third-order valence-electron chi connectivity index (χ3n) is 3.51. The van der Waals surface area contributed by atoms with Gasteiger partial charge in [-0.25, -0.2) is 4.39 Å². The van der Waals surface area contributed by atoms with Crippen LogP contribution in [0.3, 0.4) is 0 Å². The molecule has 1 aromatic carbocycles. The Morgan fingerprint density at radius 2 is 1.90 bits per heavy atom. The van der Waals surface area contributed by atoms with Crippen LogP contribution in [0.4, 0.5) is 4.39 Å². The molecule has 1 aliphatic rings. The highest BCUT2D eigenvalue weighted by Crippen LogP contribution is 2.18. The maximum absolute atomic E-state index is 13.7. The van der Waals surface area contributed by atoms with Crippen molar-refractivity contribution in [2.24, 2.45) is 0 Å². The second-order valence-corrected chi connectivity index (χ2v) is 5.91. The van der Waals surface area contributed by atoms with Gasteiger partial charge in [0.25, 0.3) is 0 Å². The Morgan fingerprint density at radius 1 is 1.25 bits per heavy atom. The molecule has 2 rings (SSSR count). The van der Waals surface area contributed by atoms with Crippen molar-refractivity contribution in [3.63, 3.8) is 0 Å². The molecule has 0 saturated carbocycles. The first-order chi connectivity index (χ1) is 9.54. The van der Waals surface area contributed by atoms with E-state index in [1.807, 2.05) is 6.07 Å². The van der Waals surface area contributed by atoms with E-state index in [9.17, 15) is 9.18 Å². The van der Waals surface area contributed by atoms with Gasteiger partial charge in [0.15, 0.2) is 0 Å². The summed E-state index contributed by atoms with van der Waals surface area (Å²) in [5, 5.41) is 8.66. The van der Waals surface area contributed by atoms with E-state index >= 15 is 0 Å². The Kier molecular flexibility index (Phi) is 5.51. The average Bonchev–Trinajstić information content (AvgIpc) is 2.42. The highest BCUT2D eigenvalue weighted by Gasteiger charge is 2.18. The molecule has 0 atom stereocenters. The lowest BCUT2D eigenvalue weighted by Crippen LogP contribution is -2.46. The van der Waals surface area contributed by atoms with E-state index in [4.69, 9.17) is 5.11 Å². The molecule has 4 nitrogen and oxygen atoms in total. The molecule has 1 heterocycles. The molecule has 20 heavy (non-hydrogen) atoms. The van der Waals surface area contributed by atoms with Gasteiger partial charge in [-0.3, -0.25) is 9.69 Å². The highest BCUT2D eigenvalue weighted by molar-refractivity contribution is 9.10. The van der Waals surface area contributed by atoms with E-state index in [1.54, 1.807) is 6.07 Å². The smallest absolute Gasteiger partial charge is 0.304 e. The highest BCUT2D eigenvalue weighted by atomic mass is 79.9. The van der Waals surface area contributed by atoms with Crippen LogP contribution in [-0.4, -0.2) is 53.6 Å². The quantitative estimate of drug-likeness (QED) is 0.889. The van der Waals surface area contributed by atoms with Gasteiger partial charge in [0.2, 0.25) is 0 Å². The molecule has 1 saturated heterocycles. The standard InChI is InChI=1S/C14H18BrFN2O2/c15-12-1-2-13(16)11(9-12)10-18-7-5-17(6-8-18)4-3-14(19)20/h1-2,9H,3-8,10H2,(H,19,20). The second kappa shape index (κ2) is 7.15. The molecule has 110 valence electrons. The predicted octanol–water partition coefficient (Wildman–Crippen LogP) is 2.18. The van der Waals surface area contributed by atoms with Crippen molar-refractivity contribution in [2.75, 3.05) is 32.7 Å². The number of hydrogen-bond acceptors (Lipinski definition) is 3. The van der Waals surface area contributed by atoms with E-state index in [-0.39, 0.29) is 12.2 Å². The normalized spacial score (nSPS) is 17.3. The molecule has 0 bridgehead atoms. The van der Waals surface area contributed by atoms with Crippen molar-refractivity contribution in [3.05, 3.63) is 34.1 Å². The molecule has 1 aromatic rings. The van der Waals surface area contributed by atoms with Crippen LogP contribution >= 0.6 is 15.9 Å². The molecule has 1 aliphatic heterocycles. The molecular weight excluding hydrogens is 327 g/mol. The maximum Gasteiger partial charge on any atom is 0.304 e. The van der Waals surface area contributed by atoms with Crippen molar-refractivity contribution < 1.29 is 14.3 Å². The zero-order valence-corrected chi connectivity index (χ0v) is 12.8. The summed E-state index contributed by atoms with van der Waals surface area (Å²) in [7, 11) is 0. The van der Waals surface area contributed by atoms with Gasteiger partial charge in [0.1, 0.15) is 5.82 Å². The number of hydrogen-bond donors (Lipinski definition) is 1. The first-order valence-corrected chi connectivity index (χ1v) is 7.44. The molecule has 6 heteroatoms. The van der Waals surface area contributed by atoms with Crippen LogP contribution < -0.4 is 0 Å². The number of piperazine rings is 1. The van der Waals surface area contributed by atoms with Crippen molar-refractivity contribution in [2.45, 2.75) is 13.0 Å². The third-order valence-corrected chi connectivity index (χ3v) is 4.00. The summed E-state index contributed by atoms with van der Waals surface area (Å²) in [5.41, 5.74) is 0.693. The predicted molar refractivity (Wildman–Crippen MR) is 78.1 cm³/mol. The van der Waals surface area contributed by atoms with Gasteiger partial charge in [-0.05, 0) is 18.2 Å². The number of nitrogens with zero attached hydrogens (tertiary/aromatic N) is 2. The van der Waals surface area contributed by atoms with Crippen molar-refractivity contribution in [3.8, 4) is 0 Å². The number of halogens is 2. The van der Waals surface area contributed by atoms with Crippen LogP contribution in [0.5, 0.6) is 0 Å². The number of carboxylic acid groups (broad SMARTS) is 1. The summed E-state index contributed by atoms with van der Waals surface area (Å²) in [6, 6.07) is 4.98. The first kappa shape index (κ1) is 15.4. The van der Waals surface area contributed by atoms with E-state index in [2.05, 4.69) is 25.7 Å². The van der Waals surface area contributed by atoms with Crippen molar-refractivity contribution in [1.82, 2.24) is 9.80 Å². The second-order valence-electron chi connectivity index (χ2n) is 5.00. The fraction of sp³-hybridized carbons (Fsp3) is 0.500. The molecule has 1 fully saturated rings. The summed E-state index contributed by atoms with van der Waals surface area (Å²) in [5.74, 6) is -0.940. The number of carbonyl (C=O) groups is 1. The third kappa shape index (κ3) is 4.54. The number of aliphatic carboxylic acids is 1. The summed E-state index contributed by atoms with van der Waals surface area (Å²) < 4.78 is 14.6. The topological polar surface area (TPSA) is 43.8 Å². The lowest BCUT2D eigenvalue weighted by atomic mass is 10.2. The minimum Gasteiger partial charge on any atom is -0.481 e. The first-order valence-electron chi connectivity index (χ1n) is 6.65. The van der Waals surface area contributed by atoms with Gasteiger partial charge in [0, 0.05) is 49.3 Å². The molecule has 0 amide bonds. The number of carboxylic acids is 1. The lowest BCUT2D eigenvalue weighted by molar-refractivity contribution is -0.137. The summed E-state index contributed by atoms with van der Waals surface area (Å²) >= 11 is 3.36. The van der Waals surface area contributed by atoms with Crippen molar-refractivity contribution >= 4 is 21.9 Å². The molecule has 1 N–H and O–H groups in total. The van der Waals surface area contributed by atoms with Crippen LogP contribution in [0.15, 0.2) is 22.7 Å². The summed E-state index contributed by atoms with van der Waals surface area (Å²) in [6.45, 7) is 4.54. The SMILES string of the molecule is O=C(O)CCN1CCN(Cc2cc(Br)ccc2F)CC1. The van der Waals surface area contributed by atoms with Gasteiger partial charge < -0.3 is 10.0 Å². The monoisotopic (exact) mass is 344 g/mol. The van der Waals surface area contributed by atoms with Crippen LogP contribution in [0, 0.1) is 5.82 Å². The number of rotatable bonds is 5. The van der Waals surface area contributed by atoms with Crippen LogP contribution in [0.1, 0.15) is 12.0 Å². The Hall–Kier alpha value is -0.980. The lowest BCUT2D eigenvalue weighted by Gasteiger charge is -2.34. The Bertz CT molecular complexity index is 476. The summed E-state index contributed by atoms with van der Waals surface area (Å²) in [6.07, 6.45) is 0.181. The molecule has 0 unspecified atom stereocenters. The maximum atomic E-state index is 13.7. The molecule has 0 aliphatic carbocycles. The summed E-state index contributed by atoms with van der Waals surface area (Å²) in [4.78, 5) is 14.9. The molecule has 0 radical (unpaired) electrons. The average molecular weight is 345 g/mol. The fourth-order valence-electron chi connectivity index (χ4n) is 2.33. The van der Waals surface area contributed by atoms with Crippen LogP contribution in [0.2, 0.25) is 0 Å². The Balaban J connectivity index is 1.82. The van der Waals surface area contributed by atoms with Gasteiger partial charge in [-0.15, -0.1) is 0 Å². The minimum absolute atomic E-state index is 0.179.